The van der Waals surface area contributed by atoms with Crippen LogP contribution >= 0.6 is 0 Å². The van der Waals surface area contributed by atoms with Crippen LogP contribution in [0.4, 0.5) is 5.69 Å². The number of methoxy groups -OCH3 is 1. The van der Waals surface area contributed by atoms with Crippen LogP contribution in [0.15, 0.2) is 18.2 Å². The molecular weight excluding hydrogens is 282 g/mol. The van der Waals surface area contributed by atoms with Gasteiger partial charge in [0.2, 0.25) is 10.0 Å². The Kier molecular flexibility index (Phi) is 5.78. The minimum absolute atomic E-state index is 0.264. The summed E-state index contributed by atoms with van der Waals surface area (Å²) in [5, 5.41) is 2.67. The van der Waals surface area contributed by atoms with Gasteiger partial charge in [-0.05, 0) is 18.6 Å². The zero-order valence-corrected chi connectivity index (χ0v) is 12.3. The van der Waals surface area contributed by atoms with Gasteiger partial charge in [-0.25, -0.2) is 13.1 Å². The second-order valence-electron chi connectivity index (χ2n) is 4.20. The van der Waals surface area contributed by atoms with Crippen molar-refractivity contribution in [3.8, 4) is 5.75 Å². The van der Waals surface area contributed by atoms with E-state index >= 15 is 0 Å². The largest absolute Gasteiger partial charge is 0.496 e. The molecule has 0 aliphatic carbocycles. The standard InChI is InChI=1S/C12H19N3O4S/c1-19-10-6-3-5-9(13)11(10)12(16)14-7-4-8-15-20(2,17)18/h3,5-6,15H,4,7-8,13H2,1-2H3,(H,14,16). The van der Waals surface area contributed by atoms with Crippen molar-refractivity contribution in [2.45, 2.75) is 6.42 Å². The molecule has 1 rings (SSSR count). The minimum atomic E-state index is -3.20. The summed E-state index contributed by atoms with van der Waals surface area (Å²) in [7, 11) is -1.74. The number of carbonyl (C=O) groups is 1. The molecule has 4 N–H and O–H groups in total. The Morgan fingerprint density at radius 2 is 2.05 bits per heavy atom. The molecule has 0 atom stereocenters. The Labute approximate surface area is 118 Å². The van der Waals surface area contributed by atoms with Crippen molar-refractivity contribution in [1.29, 1.82) is 0 Å². The predicted octanol–water partition coefficient (Wildman–Crippen LogP) is -0.0535. The summed E-state index contributed by atoms with van der Waals surface area (Å²) < 4.78 is 29.1. The monoisotopic (exact) mass is 301 g/mol. The number of carbonyl (C=O) groups excluding carboxylic acids is 1. The zero-order chi connectivity index (χ0) is 15.2. The average molecular weight is 301 g/mol. The van der Waals surface area contributed by atoms with E-state index in [0.29, 0.717) is 24.4 Å². The molecule has 7 nitrogen and oxygen atoms in total. The SMILES string of the molecule is COc1cccc(N)c1C(=O)NCCCNS(C)(=O)=O. The van der Waals surface area contributed by atoms with E-state index in [1.54, 1.807) is 18.2 Å². The Bertz CT molecular complexity index is 572. The molecule has 1 aromatic carbocycles. The first-order valence-electron chi connectivity index (χ1n) is 6.00. The van der Waals surface area contributed by atoms with Crippen molar-refractivity contribution in [2.24, 2.45) is 0 Å². The number of hydrogen-bond donors (Lipinski definition) is 3. The number of hydrogen-bond acceptors (Lipinski definition) is 5. The molecular formula is C12H19N3O4S. The van der Waals surface area contributed by atoms with E-state index < -0.39 is 10.0 Å². The van der Waals surface area contributed by atoms with Crippen molar-refractivity contribution < 1.29 is 17.9 Å². The number of nitrogen functional groups attached to an aromatic ring is 1. The van der Waals surface area contributed by atoms with Crippen LogP contribution < -0.4 is 20.5 Å². The van der Waals surface area contributed by atoms with Crippen molar-refractivity contribution in [3.63, 3.8) is 0 Å². The fraction of sp³-hybridized carbons (Fsp3) is 0.417. The van der Waals surface area contributed by atoms with Gasteiger partial charge in [0.25, 0.3) is 5.91 Å². The normalized spacial score (nSPS) is 11.1. The summed E-state index contributed by atoms with van der Waals surface area (Å²) in [6, 6.07) is 4.96. The lowest BCUT2D eigenvalue weighted by Gasteiger charge is -2.11. The van der Waals surface area contributed by atoms with Gasteiger partial charge in [0.05, 0.1) is 13.4 Å². The first-order valence-corrected chi connectivity index (χ1v) is 7.89. The Morgan fingerprint density at radius 1 is 1.35 bits per heavy atom. The topological polar surface area (TPSA) is 111 Å². The molecule has 0 radical (unpaired) electrons. The maximum absolute atomic E-state index is 12.0. The van der Waals surface area contributed by atoms with Gasteiger partial charge in [0.15, 0.2) is 0 Å². The maximum Gasteiger partial charge on any atom is 0.257 e. The summed E-state index contributed by atoms with van der Waals surface area (Å²) in [6.07, 6.45) is 1.56. The second kappa shape index (κ2) is 7.11. The maximum atomic E-state index is 12.0. The van der Waals surface area contributed by atoms with Gasteiger partial charge in [-0.2, -0.15) is 0 Å². The number of sulfonamides is 1. The van der Waals surface area contributed by atoms with Gasteiger partial charge < -0.3 is 15.8 Å². The minimum Gasteiger partial charge on any atom is -0.496 e. The molecule has 0 fully saturated rings. The van der Waals surface area contributed by atoms with Crippen LogP contribution in [0.5, 0.6) is 5.75 Å². The van der Waals surface area contributed by atoms with Gasteiger partial charge in [0.1, 0.15) is 11.3 Å². The highest BCUT2D eigenvalue weighted by molar-refractivity contribution is 7.88. The van der Waals surface area contributed by atoms with E-state index in [1.807, 2.05) is 0 Å². The number of nitrogens with one attached hydrogen (secondary N) is 2. The first kappa shape index (κ1) is 16.3. The molecule has 8 heteroatoms. The lowest BCUT2D eigenvalue weighted by atomic mass is 10.1. The fourth-order valence-corrected chi connectivity index (χ4v) is 2.11. The molecule has 0 bridgehead atoms. The molecule has 0 saturated carbocycles. The van der Waals surface area contributed by atoms with Gasteiger partial charge in [-0.15, -0.1) is 0 Å². The molecule has 0 spiro atoms. The lowest BCUT2D eigenvalue weighted by molar-refractivity contribution is 0.0951. The third-order valence-electron chi connectivity index (χ3n) is 2.51. The Hall–Kier alpha value is -1.80. The molecule has 0 aromatic heterocycles. The molecule has 1 amide bonds. The summed E-state index contributed by atoms with van der Waals surface area (Å²) in [4.78, 5) is 12.0. The third kappa shape index (κ3) is 5.06. The molecule has 0 aliphatic heterocycles. The fourth-order valence-electron chi connectivity index (χ4n) is 1.60. The predicted molar refractivity (Wildman–Crippen MR) is 77.2 cm³/mol. The highest BCUT2D eigenvalue weighted by Gasteiger charge is 2.14. The van der Waals surface area contributed by atoms with Gasteiger partial charge in [-0.1, -0.05) is 6.07 Å². The van der Waals surface area contributed by atoms with Crippen LogP contribution in [0.2, 0.25) is 0 Å². The van der Waals surface area contributed by atoms with E-state index in [9.17, 15) is 13.2 Å². The number of nitrogens with two attached hydrogens (primary N) is 1. The lowest BCUT2D eigenvalue weighted by Crippen LogP contribution is -2.30. The van der Waals surface area contributed by atoms with Crippen LogP contribution in [0.1, 0.15) is 16.8 Å². The number of rotatable bonds is 7. The van der Waals surface area contributed by atoms with Crippen LogP contribution in [0, 0.1) is 0 Å². The van der Waals surface area contributed by atoms with Gasteiger partial charge >= 0.3 is 0 Å². The summed E-state index contributed by atoms with van der Waals surface area (Å²) >= 11 is 0. The highest BCUT2D eigenvalue weighted by Crippen LogP contribution is 2.23. The number of amides is 1. The summed E-state index contributed by atoms with van der Waals surface area (Å²) in [5.41, 5.74) is 6.37. The van der Waals surface area contributed by atoms with E-state index in [2.05, 4.69) is 10.0 Å². The van der Waals surface area contributed by atoms with E-state index in [4.69, 9.17) is 10.5 Å². The van der Waals surface area contributed by atoms with Gasteiger partial charge in [0, 0.05) is 18.8 Å². The average Bonchev–Trinajstić information content (AvgIpc) is 2.36. The van der Waals surface area contributed by atoms with E-state index in [1.165, 1.54) is 7.11 Å². The number of anilines is 1. The molecule has 0 heterocycles. The van der Waals surface area contributed by atoms with Crippen LogP contribution in [-0.2, 0) is 10.0 Å². The molecule has 20 heavy (non-hydrogen) atoms. The van der Waals surface area contributed by atoms with Crippen LogP contribution in [0.3, 0.4) is 0 Å². The molecule has 0 unspecified atom stereocenters. The Morgan fingerprint density at radius 3 is 2.65 bits per heavy atom. The quantitative estimate of drug-likeness (QED) is 0.483. The molecule has 0 aliphatic rings. The molecule has 1 aromatic rings. The first-order chi connectivity index (χ1) is 9.35. The highest BCUT2D eigenvalue weighted by atomic mass is 32.2. The van der Waals surface area contributed by atoms with E-state index in [0.717, 1.165) is 6.26 Å². The second-order valence-corrected chi connectivity index (χ2v) is 6.03. The van der Waals surface area contributed by atoms with Crippen molar-refractivity contribution in [1.82, 2.24) is 10.0 Å². The smallest absolute Gasteiger partial charge is 0.257 e. The Balaban J connectivity index is 2.52. The third-order valence-corrected chi connectivity index (χ3v) is 3.24. The summed E-state index contributed by atoms with van der Waals surface area (Å²) in [5.74, 6) is 0.0519. The van der Waals surface area contributed by atoms with Crippen molar-refractivity contribution >= 4 is 21.6 Å². The zero-order valence-electron chi connectivity index (χ0n) is 11.5. The number of benzene rings is 1. The van der Waals surface area contributed by atoms with Gasteiger partial charge in [-0.3, -0.25) is 4.79 Å². The molecule has 0 saturated heterocycles. The summed E-state index contributed by atoms with van der Waals surface area (Å²) in [6.45, 7) is 0.597. The van der Waals surface area contributed by atoms with E-state index in [-0.39, 0.29) is 18.0 Å². The van der Waals surface area contributed by atoms with Crippen LogP contribution in [-0.4, -0.2) is 40.8 Å². The van der Waals surface area contributed by atoms with Crippen molar-refractivity contribution in [3.05, 3.63) is 23.8 Å². The molecule has 112 valence electrons. The van der Waals surface area contributed by atoms with Crippen LogP contribution in [0.25, 0.3) is 0 Å². The number of ether oxygens (including phenoxy) is 1. The van der Waals surface area contributed by atoms with Crippen molar-refractivity contribution in [2.75, 3.05) is 32.2 Å².